The van der Waals surface area contributed by atoms with Crippen LogP contribution in [-0.2, 0) is 10.0 Å². The Morgan fingerprint density at radius 2 is 2.07 bits per heavy atom. The highest BCUT2D eigenvalue weighted by Gasteiger charge is 2.27. The molecule has 1 atom stereocenters. The first-order valence-corrected chi connectivity index (χ1v) is 11.0. The Hall–Kier alpha value is -2.39. The van der Waals surface area contributed by atoms with Crippen LogP contribution >= 0.6 is 0 Å². The molecule has 0 saturated carbocycles. The third-order valence-electron chi connectivity index (χ3n) is 4.53. The summed E-state index contributed by atoms with van der Waals surface area (Å²) in [6.07, 6.45) is 3.87. The molecule has 1 aliphatic rings. The highest BCUT2D eigenvalue weighted by molar-refractivity contribution is 7.88. The van der Waals surface area contributed by atoms with Gasteiger partial charge in [-0.15, -0.1) is 0 Å². The molecular weight excluding hydrogens is 382 g/mol. The molecule has 3 rings (SSSR count). The van der Waals surface area contributed by atoms with Crippen LogP contribution in [-0.4, -0.2) is 55.2 Å². The van der Waals surface area contributed by atoms with Gasteiger partial charge in [-0.2, -0.15) is 4.31 Å². The zero-order valence-corrected chi connectivity index (χ0v) is 17.0. The van der Waals surface area contributed by atoms with E-state index >= 15 is 0 Å². The monoisotopic (exact) mass is 407 g/mol. The van der Waals surface area contributed by atoms with Crippen molar-refractivity contribution in [2.45, 2.75) is 38.9 Å². The molecule has 1 fully saturated rings. The number of rotatable bonds is 6. The number of benzene rings is 1. The van der Waals surface area contributed by atoms with Crippen LogP contribution < -0.4 is 15.2 Å². The van der Waals surface area contributed by atoms with Gasteiger partial charge in [0.25, 0.3) is 5.91 Å². The molecule has 1 aromatic carbocycles. The van der Waals surface area contributed by atoms with Crippen molar-refractivity contribution in [3.8, 4) is 11.5 Å². The number of piperidine rings is 1. The van der Waals surface area contributed by atoms with Gasteiger partial charge in [0.1, 0.15) is 17.6 Å². The Kier molecular flexibility index (Phi) is 5.76. The smallest absolute Gasteiger partial charge is 0.252 e. The van der Waals surface area contributed by atoms with Crippen molar-refractivity contribution in [2.24, 2.45) is 5.73 Å². The first-order chi connectivity index (χ1) is 13.1. The minimum atomic E-state index is -3.26. The van der Waals surface area contributed by atoms with Crippen LogP contribution in [0.15, 0.2) is 24.4 Å². The maximum atomic E-state index is 11.8. The average Bonchev–Trinajstić information content (AvgIpc) is 2.60. The Bertz CT molecular complexity index is 990. The number of primary amides is 1. The number of carbonyl (C=O) groups is 1. The molecule has 1 amide bonds. The van der Waals surface area contributed by atoms with E-state index in [2.05, 4.69) is 4.98 Å². The molecule has 28 heavy (non-hydrogen) atoms. The van der Waals surface area contributed by atoms with Crippen LogP contribution in [0.2, 0.25) is 0 Å². The van der Waals surface area contributed by atoms with Gasteiger partial charge in [-0.25, -0.2) is 8.42 Å². The Morgan fingerprint density at radius 1 is 1.32 bits per heavy atom. The van der Waals surface area contributed by atoms with Gasteiger partial charge in [-0.1, -0.05) is 0 Å². The number of ether oxygens (including phenoxy) is 2. The normalized spacial score (nSPS) is 18.4. The van der Waals surface area contributed by atoms with E-state index < -0.39 is 15.9 Å². The van der Waals surface area contributed by atoms with Crippen LogP contribution in [0, 0.1) is 0 Å². The van der Waals surface area contributed by atoms with E-state index in [1.54, 1.807) is 24.4 Å². The van der Waals surface area contributed by atoms with Crippen molar-refractivity contribution in [2.75, 3.05) is 19.3 Å². The Morgan fingerprint density at radius 3 is 2.71 bits per heavy atom. The molecule has 0 spiro atoms. The summed E-state index contributed by atoms with van der Waals surface area (Å²) in [6, 6.07) is 5.02. The number of pyridine rings is 1. The largest absolute Gasteiger partial charge is 0.490 e. The molecule has 1 unspecified atom stereocenters. The second-order valence-corrected chi connectivity index (χ2v) is 9.19. The second-order valence-electron chi connectivity index (χ2n) is 7.21. The molecule has 1 saturated heterocycles. The first-order valence-electron chi connectivity index (χ1n) is 9.16. The van der Waals surface area contributed by atoms with Gasteiger partial charge >= 0.3 is 0 Å². The molecule has 9 heteroatoms. The molecule has 2 N–H and O–H groups in total. The van der Waals surface area contributed by atoms with Crippen molar-refractivity contribution >= 4 is 26.8 Å². The van der Waals surface area contributed by atoms with E-state index in [-0.39, 0.29) is 17.8 Å². The summed E-state index contributed by atoms with van der Waals surface area (Å²) in [5, 5.41) is 0.680. The molecule has 2 heterocycles. The number of nitrogens with two attached hydrogens (primary N) is 1. The number of carbonyl (C=O) groups excluding carboxylic acids is 1. The lowest BCUT2D eigenvalue weighted by molar-refractivity contribution is 0.0994. The number of hydrogen-bond acceptors (Lipinski definition) is 6. The summed E-state index contributed by atoms with van der Waals surface area (Å²) in [7, 11) is -3.26. The number of hydrogen-bond donors (Lipinski definition) is 1. The molecule has 1 aliphatic heterocycles. The molecule has 8 nitrogen and oxygen atoms in total. The highest BCUT2D eigenvalue weighted by Crippen LogP contribution is 2.33. The fraction of sp³-hybridized carbons (Fsp3) is 0.474. The molecule has 152 valence electrons. The predicted octanol–water partition coefficient (Wildman–Crippen LogP) is 1.92. The van der Waals surface area contributed by atoms with Gasteiger partial charge in [0.2, 0.25) is 10.0 Å². The van der Waals surface area contributed by atoms with Gasteiger partial charge < -0.3 is 15.2 Å². The van der Waals surface area contributed by atoms with Gasteiger partial charge in [-0.3, -0.25) is 9.78 Å². The summed E-state index contributed by atoms with van der Waals surface area (Å²) in [6.45, 7) is 4.52. The van der Waals surface area contributed by atoms with E-state index in [4.69, 9.17) is 15.2 Å². The maximum Gasteiger partial charge on any atom is 0.252 e. The molecule has 0 bridgehead atoms. The lowest BCUT2D eigenvalue weighted by Crippen LogP contribution is -2.43. The summed E-state index contributed by atoms with van der Waals surface area (Å²) in [5.41, 5.74) is 6.29. The fourth-order valence-corrected chi connectivity index (χ4v) is 4.17. The minimum absolute atomic E-state index is 0.141. The molecular formula is C19H25N3O5S. The second kappa shape index (κ2) is 7.92. The number of fused-ring (bicyclic) bond motifs is 1. The minimum Gasteiger partial charge on any atom is -0.490 e. The fourth-order valence-electron chi connectivity index (χ4n) is 3.28. The van der Waals surface area contributed by atoms with E-state index in [1.165, 1.54) is 10.6 Å². The van der Waals surface area contributed by atoms with Crippen LogP contribution in [0.3, 0.4) is 0 Å². The molecule has 2 aromatic rings. The summed E-state index contributed by atoms with van der Waals surface area (Å²) in [4.78, 5) is 16.1. The highest BCUT2D eigenvalue weighted by atomic mass is 32.2. The number of nitrogens with zero attached hydrogens (tertiary/aromatic N) is 2. The van der Waals surface area contributed by atoms with E-state index in [0.717, 1.165) is 12.8 Å². The van der Waals surface area contributed by atoms with E-state index in [9.17, 15) is 13.2 Å². The topological polar surface area (TPSA) is 112 Å². The number of amides is 1. The van der Waals surface area contributed by atoms with Gasteiger partial charge in [0.05, 0.1) is 30.0 Å². The van der Waals surface area contributed by atoms with Crippen LogP contribution in [0.4, 0.5) is 0 Å². The summed E-state index contributed by atoms with van der Waals surface area (Å²) < 4.78 is 37.0. The van der Waals surface area contributed by atoms with Gasteiger partial charge in [0, 0.05) is 18.1 Å². The quantitative estimate of drug-likeness (QED) is 0.783. The molecule has 0 aliphatic carbocycles. The number of aromatic nitrogens is 1. The van der Waals surface area contributed by atoms with Crippen molar-refractivity contribution in [1.82, 2.24) is 9.29 Å². The van der Waals surface area contributed by atoms with Crippen molar-refractivity contribution in [3.05, 3.63) is 30.0 Å². The van der Waals surface area contributed by atoms with Gasteiger partial charge in [-0.05, 0) is 44.9 Å². The first kappa shape index (κ1) is 20.3. The standard InChI is InChI=1S/C19H25N3O5S/c1-12(2)26-18-10-14-16(9-15(18)19(20)23)21-7-6-17(14)27-13-5-4-8-22(11-13)28(3,24)25/h6-7,9-10,12-13H,4-5,8,11H2,1-3H3,(H2,20,23). The van der Waals surface area contributed by atoms with Crippen LogP contribution in [0.25, 0.3) is 10.9 Å². The Balaban J connectivity index is 1.96. The molecule has 1 aromatic heterocycles. The lowest BCUT2D eigenvalue weighted by Gasteiger charge is -2.31. The SMILES string of the molecule is CC(C)Oc1cc2c(OC3CCCN(S(C)(=O)=O)C3)ccnc2cc1C(N)=O. The summed E-state index contributed by atoms with van der Waals surface area (Å²) >= 11 is 0. The maximum absolute atomic E-state index is 11.8. The number of sulfonamides is 1. The van der Waals surface area contributed by atoms with E-state index in [0.29, 0.717) is 35.5 Å². The zero-order valence-electron chi connectivity index (χ0n) is 16.2. The van der Waals surface area contributed by atoms with E-state index in [1.807, 2.05) is 13.8 Å². The predicted molar refractivity (Wildman–Crippen MR) is 106 cm³/mol. The van der Waals surface area contributed by atoms with Crippen LogP contribution in [0.5, 0.6) is 11.5 Å². The lowest BCUT2D eigenvalue weighted by atomic mass is 10.1. The molecule has 0 radical (unpaired) electrons. The third kappa shape index (κ3) is 4.53. The van der Waals surface area contributed by atoms with Crippen LogP contribution in [0.1, 0.15) is 37.0 Å². The van der Waals surface area contributed by atoms with Gasteiger partial charge in [0.15, 0.2) is 0 Å². The van der Waals surface area contributed by atoms with Crippen molar-refractivity contribution < 1.29 is 22.7 Å². The average molecular weight is 407 g/mol. The Labute approximate surface area is 164 Å². The zero-order chi connectivity index (χ0) is 20.5. The van der Waals surface area contributed by atoms with Crippen molar-refractivity contribution in [3.63, 3.8) is 0 Å². The third-order valence-corrected chi connectivity index (χ3v) is 5.80. The summed E-state index contributed by atoms with van der Waals surface area (Å²) in [5.74, 6) is 0.339. The van der Waals surface area contributed by atoms with Crippen molar-refractivity contribution in [1.29, 1.82) is 0 Å².